The number of methoxy groups -OCH3 is 2. The highest BCUT2D eigenvalue weighted by Crippen LogP contribution is 2.31. The van der Waals surface area contributed by atoms with Gasteiger partial charge in [-0.25, -0.2) is 0 Å². The standard InChI is InChI=1S/C19H17ClN2O4/c1-25-16-8-11-7-12(18(23)22-15(11)9-17(16)26-2)10-21-19(24)13-5-3-4-6-14(13)20/h3-9H,10H2,1-2H3,(H,21,24)(H,22,23). The number of ether oxygens (including phenoxy) is 2. The molecule has 0 fully saturated rings. The summed E-state index contributed by atoms with van der Waals surface area (Å²) in [6.45, 7) is 0.0731. The smallest absolute Gasteiger partial charge is 0.253 e. The lowest BCUT2D eigenvalue weighted by Crippen LogP contribution is -2.26. The number of aromatic amines is 1. The Kier molecular flexibility index (Phi) is 5.14. The highest BCUT2D eigenvalue weighted by molar-refractivity contribution is 6.33. The van der Waals surface area contributed by atoms with Crippen LogP contribution in [0.4, 0.5) is 0 Å². The molecule has 26 heavy (non-hydrogen) atoms. The topological polar surface area (TPSA) is 80.4 Å². The number of hydrogen-bond acceptors (Lipinski definition) is 4. The van der Waals surface area contributed by atoms with Crippen LogP contribution in [0.2, 0.25) is 5.02 Å². The van der Waals surface area contributed by atoms with Crippen LogP contribution < -0.4 is 20.3 Å². The van der Waals surface area contributed by atoms with E-state index in [1.54, 1.807) is 49.6 Å². The molecular formula is C19H17ClN2O4. The fourth-order valence-electron chi connectivity index (χ4n) is 2.63. The summed E-state index contributed by atoms with van der Waals surface area (Å²) in [6, 6.07) is 11.9. The van der Waals surface area contributed by atoms with Gasteiger partial charge in [-0.15, -0.1) is 0 Å². The minimum Gasteiger partial charge on any atom is -0.493 e. The maximum absolute atomic E-state index is 12.3. The average molecular weight is 373 g/mol. The van der Waals surface area contributed by atoms with Gasteiger partial charge in [-0.3, -0.25) is 9.59 Å². The normalized spacial score (nSPS) is 10.6. The number of fused-ring (bicyclic) bond motifs is 1. The Balaban J connectivity index is 1.88. The van der Waals surface area contributed by atoms with E-state index in [-0.39, 0.29) is 18.0 Å². The van der Waals surface area contributed by atoms with E-state index >= 15 is 0 Å². The molecule has 0 unspecified atom stereocenters. The van der Waals surface area contributed by atoms with E-state index in [1.807, 2.05) is 0 Å². The number of pyridine rings is 1. The number of hydrogen-bond donors (Lipinski definition) is 2. The van der Waals surface area contributed by atoms with Crippen LogP contribution in [0.5, 0.6) is 11.5 Å². The van der Waals surface area contributed by atoms with Crippen molar-refractivity contribution >= 4 is 28.4 Å². The Morgan fingerprint density at radius 3 is 2.50 bits per heavy atom. The third-order valence-electron chi connectivity index (χ3n) is 3.98. The number of carbonyl (C=O) groups is 1. The molecule has 1 aromatic heterocycles. The molecule has 3 aromatic rings. The van der Waals surface area contributed by atoms with Gasteiger partial charge in [0.25, 0.3) is 11.5 Å². The van der Waals surface area contributed by atoms with E-state index in [0.29, 0.717) is 33.2 Å². The van der Waals surface area contributed by atoms with E-state index in [4.69, 9.17) is 21.1 Å². The van der Waals surface area contributed by atoms with Crippen molar-refractivity contribution in [2.75, 3.05) is 14.2 Å². The van der Waals surface area contributed by atoms with Gasteiger partial charge in [-0.05, 0) is 24.3 Å². The molecule has 1 heterocycles. The van der Waals surface area contributed by atoms with Gasteiger partial charge < -0.3 is 19.8 Å². The number of nitrogens with one attached hydrogen (secondary N) is 2. The van der Waals surface area contributed by atoms with E-state index in [9.17, 15) is 9.59 Å². The molecule has 7 heteroatoms. The fraction of sp³-hybridized carbons (Fsp3) is 0.158. The highest BCUT2D eigenvalue weighted by Gasteiger charge is 2.12. The van der Waals surface area contributed by atoms with Gasteiger partial charge in [-0.2, -0.15) is 0 Å². The van der Waals surface area contributed by atoms with Crippen LogP contribution in [0.3, 0.4) is 0 Å². The summed E-state index contributed by atoms with van der Waals surface area (Å²) in [5.74, 6) is 0.732. The first-order valence-corrected chi connectivity index (χ1v) is 8.22. The molecule has 0 radical (unpaired) electrons. The molecule has 2 aromatic carbocycles. The van der Waals surface area contributed by atoms with Gasteiger partial charge in [0.05, 0.1) is 30.3 Å². The van der Waals surface area contributed by atoms with Gasteiger partial charge in [0.2, 0.25) is 0 Å². The maximum Gasteiger partial charge on any atom is 0.253 e. The molecule has 2 N–H and O–H groups in total. The first kappa shape index (κ1) is 17.8. The molecular weight excluding hydrogens is 356 g/mol. The molecule has 0 saturated heterocycles. The molecule has 0 aliphatic heterocycles. The molecule has 0 saturated carbocycles. The zero-order valence-corrected chi connectivity index (χ0v) is 15.0. The molecule has 0 aliphatic carbocycles. The highest BCUT2D eigenvalue weighted by atomic mass is 35.5. The quantitative estimate of drug-likeness (QED) is 0.721. The lowest BCUT2D eigenvalue weighted by molar-refractivity contribution is 0.0951. The van der Waals surface area contributed by atoms with Crippen molar-refractivity contribution in [2.24, 2.45) is 0 Å². The predicted molar refractivity (Wildman–Crippen MR) is 100 cm³/mol. The summed E-state index contributed by atoms with van der Waals surface area (Å²) in [4.78, 5) is 27.3. The third kappa shape index (κ3) is 3.50. The zero-order valence-electron chi connectivity index (χ0n) is 14.3. The SMILES string of the molecule is COc1cc2cc(CNC(=O)c3ccccc3Cl)c(=O)[nH]c2cc1OC. The van der Waals surface area contributed by atoms with Crippen molar-refractivity contribution in [1.29, 1.82) is 0 Å². The molecule has 134 valence electrons. The van der Waals surface area contributed by atoms with Gasteiger partial charge in [-0.1, -0.05) is 23.7 Å². The number of benzene rings is 2. The Morgan fingerprint density at radius 1 is 1.12 bits per heavy atom. The van der Waals surface area contributed by atoms with Crippen LogP contribution in [-0.2, 0) is 6.54 Å². The monoisotopic (exact) mass is 372 g/mol. The summed E-state index contributed by atoms with van der Waals surface area (Å²) in [5.41, 5.74) is 1.11. The molecule has 0 atom stereocenters. The van der Waals surface area contributed by atoms with Gasteiger partial charge >= 0.3 is 0 Å². The molecule has 6 nitrogen and oxygen atoms in total. The Morgan fingerprint density at radius 2 is 1.81 bits per heavy atom. The van der Waals surface area contributed by atoms with Gasteiger partial charge in [0.1, 0.15) is 0 Å². The van der Waals surface area contributed by atoms with E-state index in [0.717, 1.165) is 5.39 Å². The van der Waals surface area contributed by atoms with E-state index in [1.165, 1.54) is 7.11 Å². The molecule has 3 rings (SSSR count). The number of aromatic nitrogens is 1. The summed E-state index contributed by atoms with van der Waals surface area (Å²) in [6.07, 6.45) is 0. The molecule has 0 aliphatic rings. The Labute approximate surface area is 154 Å². The summed E-state index contributed by atoms with van der Waals surface area (Å²) >= 11 is 6.02. The molecule has 0 bridgehead atoms. The van der Waals surface area contributed by atoms with Crippen LogP contribution >= 0.6 is 11.6 Å². The van der Waals surface area contributed by atoms with Crippen molar-refractivity contribution in [1.82, 2.24) is 10.3 Å². The van der Waals surface area contributed by atoms with Crippen molar-refractivity contribution < 1.29 is 14.3 Å². The van der Waals surface area contributed by atoms with Crippen LogP contribution in [-0.4, -0.2) is 25.1 Å². The van der Waals surface area contributed by atoms with E-state index in [2.05, 4.69) is 10.3 Å². The summed E-state index contributed by atoms with van der Waals surface area (Å²) in [7, 11) is 3.07. The number of rotatable bonds is 5. The lowest BCUT2D eigenvalue weighted by Gasteiger charge is -2.10. The van der Waals surface area contributed by atoms with Crippen molar-refractivity contribution in [2.45, 2.75) is 6.54 Å². The Bertz CT molecular complexity index is 1030. The van der Waals surface area contributed by atoms with Crippen LogP contribution in [0.1, 0.15) is 15.9 Å². The number of carbonyl (C=O) groups excluding carboxylic acids is 1. The fourth-order valence-corrected chi connectivity index (χ4v) is 2.85. The molecule has 0 spiro atoms. The van der Waals surface area contributed by atoms with Crippen LogP contribution in [0.25, 0.3) is 10.9 Å². The third-order valence-corrected chi connectivity index (χ3v) is 4.31. The number of H-pyrrole nitrogens is 1. The largest absolute Gasteiger partial charge is 0.493 e. The lowest BCUT2D eigenvalue weighted by atomic mass is 10.1. The number of amides is 1. The summed E-state index contributed by atoms with van der Waals surface area (Å²) in [5, 5.41) is 3.84. The van der Waals surface area contributed by atoms with Crippen LogP contribution in [0, 0.1) is 0 Å². The van der Waals surface area contributed by atoms with Crippen molar-refractivity contribution in [3.8, 4) is 11.5 Å². The van der Waals surface area contributed by atoms with Gasteiger partial charge in [0, 0.05) is 23.6 Å². The second-order valence-electron chi connectivity index (χ2n) is 5.58. The number of halogens is 1. The molecule has 1 amide bonds. The predicted octanol–water partition coefficient (Wildman–Crippen LogP) is 3.13. The van der Waals surface area contributed by atoms with Crippen LogP contribution in [0.15, 0.2) is 47.3 Å². The second-order valence-corrected chi connectivity index (χ2v) is 5.99. The van der Waals surface area contributed by atoms with Gasteiger partial charge in [0.15, 0.2) is 11.5 Å². The first-order chi connectivity index (χ1) is 12.5. The summed E-state index contributed by atoms with van der Waals surface area (Å²) < 4.78 is 10.5. The average Bonchev–Trinajstić information content (AvgIpc) is 2.65. The van der Waals surface area contributed by atoms with Crippen molar-refractivity contribution in [3.63, 3.8) is 0 Å². The zero-order chi connectivity index (χ0) is 18.7. The maximum atomic E-state index is 12.3. The second kappa shape index (κ2) is 7.49. The Hall–Kier alpha value is -2.99. The van der Waals surface area contributed by atoms with Crippen molar-refractivity contribution in [3.05, 3.63) is 69.0 Å². The first-order valence-electron chi connectivity index (χ1n) is 7.84. The minimum atomic E-state index is -0.345. The minimum absolute atomic E-state index is 0.0731. The van der Waals surface area contributed by atoms with E-state index < -0.39 is 0 Å².